The highest BCUT2D eigenvalue weighted by Gasteiger charge is 2.48. The summed E-state index contributed by atoms with van der Waals surface area (Å²) in [6, 6.07) is 0. The Hall–Kier alpha value is -2.19. The summed E-state index contributed by atoms with van der Waals surface area (Å²) in [6.45, 7) is 3.77. The number of carbonyl (C=O) groups excluding carboxylic acids is 1. The third kappa shape index (κ3) is 3.13. The molecule has 1 N–H and O–H groups in total. The molecule has 1 aromatic heterocycles. The fourth-order valence-corrected chi connectivity index (χ4v) is 2.67. The molecule has 23 heavy (non-hydrogen) atoms. The van der Waals surface area contributed by atoms with Gasteiger partial charge >= 0.3 is 12.1 Å². The van der Waals surface area contributed by atoms with Crippen LogP contribution in [0.3, 0.4) is 0 Å². The average Bonchev–Trinajstić information content (AvgIpc) is 2.92. The van der Waals surface area contributed by atoms with Crippen molar-refractivity contribution in [1.29, 1.82) is 0 Å². The number of hydrogen-bond acceptors (Lipinski definition) is 4. The van der Waals surface area contributed by atoms with Crippen LogP contribution < -0.4 is 0 Å². The molecule has 0 bridgehead atoms. The maximum atomic E-state index is 12.4. The summed E-state index contributed by atoms with van der Waals surface area (Å²) in [5.74, 6) is -3.05. The molecule has 0 saturated carbocycles. The molecule has 9 heteroatoms. The summed E-state index contributed by atoms with van der Waals surface area (Å²) in [5.41, 5.74) is -1.13. The van der Waals surface area contributed by atoms with E-state index in [4.69, 9.17) is 0 Å². The van der Waals surface area contributed by atoms with Gasteiger partial charge in [0.1, 0.15) is 0 Å². The zero-order valence-corrected chi connectivity index (χ0v) is 12.6. The highest BCUT2D eigenvalue weighted by atomic mass is 19.4. The Labute approximate surface area is 130 Å². The molecule has 0 aromatic carbocycles. The molecule has 6 nitrogen and oxygen atoms in total. The maximum Gasteiger partial charge on any atom is 0.451 e. The van der Waals surface area contributed by atoms with E-state index in [0.29, 0.717) is 6.42 Å². The molecule has 1 aliphatic rings. The number of alkyl halides is 3. The second kappa shape index (κ2) is 5.78. The highest BCUT2D eigenvalue weighted by molar-refractivity contribution is 5.94. The maximum absolute atomic E-state index is 12.4. The van der Waals surface area contributed by atoms with Crippen LogP contribution in [-0.2, 0) is 11.0 Å². The number of hydrogen-bond donors (Lipinski definition) is 1. The van der Waals surface area contributed by atoms with Crippen LogP contribution in [0.1, 0.15) is 36.5 Å². The Morgan fingerprint density at radius 1 is 1.30 bits per heavy atom. The zero-order chi connectivity index (χ0) is 17.4. The first-order valence-corrected chi connectivity index (χ1v) is 7.00. The Morgan fingerprint density at radius 2 is 1.87 bits per heavy atom. The van der Waals surface area contributed by atoms with Gasteiger partial charge in [0.05, 0.1) is 11.0 Å². The largest absolute Gasteiger partial charge is 0.481 e. The fourth-order valence-electron chi connectivity index (χ4n) is 2.67. The number of rotatable bonds is 3. The van der Waals surface area contributed by atoms with Gasteiger partial charge in [-0.25, -0.2) is 9.97 Å². The van der Waals surface area contributed by atoms with Crippen LogP contribution in [0, 0.1) is 11.3 Å². The van der Waals surface area contributed by atoms with Crippen molar-refractivity contribution in [3.8, 4) is 0 Å². The minimum atomic E-state index is -4.68. The molecule has 1 amide bonds. The predicted octanol–water partition coefficient (Wildman–Crippen LogP) is 2.07. The lowest BCUT2D eigenvalue weighted by Gasteiger charge is -2.28. The summed E-state index contributed by atoms with van der Waals surface area (Å²) in [4.78, 5) is 31.5. The van der Waals surface area contributed by atoms with E-state index in [9.17, 15) is 27.9 Å². The Kier molecular flexibility index (Phi) is 4.32. The van der Waals surface area contributed by atoms with Crippen LogP contribution in [0.4, 0.5) is 13.2 Å². The topological polar surface area (TPSA) is 83.4 Å². The Morgan fingerprint density at radius 3 is 2.26 bits per heavy atom. The molecule has 0 aliphatic carbocycles. The third-order valence-corrected chi connectivity index (χ3v) is 4.27. The lowest BCUT2D eigenvalue weighted by Crippen LogP contribution is -2.40. The smallest absolute Gasteiger partial charge is 0.451 e. The van der Waals surface area contributed by atoms with Crippen molar-refractivity contribution in [2.75, 3.05) is 13.1 Å². The number of carboxylic acids is 1. The van der Waals surface area contributed by atoms with Crippen LogP contribution in [0.15, 0.2) is 12.4 Å². The number of nitrogens with zero attached hydrogens (tertiary/aromatic N) is 3. The molecule has 126 valence electrons. The van der Waals surface area contributed by atoms with Gasteiger partial charge in [-0.15, -0.1) is 0 Å². The zero-order valence-electron chi connectivity index (χ0n) is 12.6. The van der Waals surface area contributed by atoms with E-state index in [2.05, 4.69) is 9.97 Å². The van der Waals surface area contributed by atoms with Crippen LogP contribution in [0.2, 0.25) is 0 Å². The van der Waals surface area contributed by atoms with E-state index in [1.165, 1.54) is 4.90 Å². The minimum absolute atomic E-state index is 0.0137. The number of aromatic nitrogens is 2. The predicted molar refractivity (Wildman–Crippen MR) is 72.5 cm³/mol. The monoisotopic (exact) mass is 331 g/mol. The first kappa shape index (κ1) is 17.2. The molecule has 0 spiro atoms. The van der Waals surface area contributed by atoms with Gasteiger partial charge in [0, 0.05) is 25.5 Å². The number of halogens is 3. The van der Waals surface area contributed by atoms with Gasteiger partial charge in [0.15, 0.2) is 0 Å². The summed E-state index contributed by atoms with van der Waals surface area (Å²) >= 11 is 0. The van der Waals surface area contributed by atoms with E-state index in [1.54, 1.807) is 13.8 Å². The van der Waals surface area contributed by atoms with Gasteiger partial charge in [0.25, 0.3) is 5.91 Å². The quantitative estimate of drug-likeness (QED) is 0.917. The van der Waals surface area contributed by atoms with Gasteiger partial charge in [-0.3, -0.25) is 9.59 Å². The van der Waals surface area contributed by atoms with E-state index in [0.717, 1.165) is 12.4 Å². The second-order valence-corrected chi connectivity index (χ2v) is 5.89. The number of amides is 1. The molecule has 2 rings (SSSR count). The fraction of sp³-hybridized carbons (Fsp3) is 0.571. The van der Waals surface area contributed by atoms with Crippen LogP contribution in [0.5, 0.6) is 0 Å². The number of carbonyl (C=O) groups is 2. The molecule has 0 radical (unpaired) electrons. The summed E-state index contributed by atoms with van der Waals surface area (Å²) < 4.78 is 37.2. The molecular weight excluding hydrogens is 315 g/mol. The summed E-state index contributed by atoms with van der Waals surface area (Å²) in [6.07, 6.45) is -2.75. The van der Waals surface area contributed by atoms with E-state index in [1.807, 2.05) is 0 Å². The van der Waals surface area contributed by atoms with Crippen molar-refractivity contribution < 1.29 is 27.9 Å². The lowest BCUT2D eigenvalue weighted by atomic mass is 9.76. The molecule has 1 saturated heterocycles. The van der Waals surface area contributed by atoms with Crippen molar-refractivity contribution in [3.05, 3.63) is 23.8 Å². The minimum Gasteiger partial charge on any atom is -0.481 e. The average molecular weight is 331 g/mol. The van der Waals surface area contributed by atoms with Crippen molar-refractivity contribution in [2.45, 2.75) is 26.4 Å². The number of carboxylic acid groups (broad SMARTS) is 1. The molecular formula is C14H16F3N3O3. The van der Waals surface area contributed by atoms with Gasteiger partial charge in [-0.05, 0) is 12.3 Å². The standard InChI is InChI=1S/C14H16F3N3O3/c1-8(2)13(12(22)23)3-4-20(7-13)10(21)9-5-18-11(19-6-9)14(15,16)17/h5-6,8H,3-4,7H2,1-2H3,(H,22,23). The van der Waals surface area contributed by atoms with E-state index < -0.39 is 29.3 Å². The second-order valence-electron chi connectivity index (χ2n) is 5.89. The Balaban J connectivity index is 2.18. The van der Waals surface area contributed by atoms with Crippen molar-refractivity contribution >= 4 is 11.9 Å². The van der Waals surface area contributed by atoms with Crippen LogP contribution in [-0.4, -0.2) is 44.9 Å². The van der Waals surface area contributed by atoms with Gasteiger partial charge in [-0.1, -0.05) is 13.8 Å². The third-order valence-electron chi connectivity index (χ3n) is 4.27. The Bertz CT molecular complexity index is 616. The van der Waals surface area contributed by atoms with Crippen LogP contribution in [0.25, 0.3) is 0 Å². The molecule has 1 aromatic rings. The van der Waals surface area contributed by atoms with Crippen molar-refractivity contribution in [1.82, 2.24) is 14.9 Å². The van der Waals surface area contributed by atoms with Crippen molar-refractivity contribution in [3.63, 3.8) is 0 Å². The van der Waals surface area contributed by atoms with Gasteiger partial charge < -0.3 is 10.0 Å². The van der Waals surface area contributed by atoms with Crippen molar-refractivity contribution in [2.24, 2.45) is 11.3 Å². The van der Waals surface area contributed by atoms with E-state index >= 15 is 0 Å². The lowest BCUT2D eigenvalue weighted by molar-refractivity contribution is -0.150. The van der Waals surface area contributed by atoms with Crippen LogP contribution >= 0.6 is 0 Å². The molecule has 1 unspecified atom stereocenters. The molecule has 1 aliphatic heterocycles. The SMILES string of the molecule is CC(C)C1(C(=O)O)CCN(C(=O)c2cnc(C(F)(F)F)nc2)C1. The molecule has 1 atom stereocenters. The van der Waals surface area contributed by atoms with Gasteiger partial charge in [0.2, 0.25) is 5.82 Å². The van der Waals surface area contributed by atoms with Gasteiger partial charge in [-0.2, -0.15) is 13.2 Å². The molecule has 2 heterocycles. The molecule has 1 fully saturated rings. The number of likely N-dealkylation sites (tertiary alicyclic amines) is 1. The first-order chi connectivity index (χ1) is 10.6. The highest BCUT2D eigenvalue weighted by Crippen LogP contribution is 2.38. The summed E-state index contributed by atoms with van der Waals surface area (Å²) in [5, 5.41) is 9.44. The normalized spacial score (nSPS) is 21.7. The van der Waals surface area contributed by atoms with E-state index in [-0.39, 0.29) is 24.6 Å². The first-order valence-electron chi connectivity index (χ1n) is 7.00. The number of aliphatic carboxylic acids is 1. The summed E-state index contributed by atoms with van der Waals surface area (Å²) in [7, 11) is 0.